The van der Waals surface area contributed by atoms with Gasteiger partial charge in [0.15, 0.2) is 5.82 Å². The van der Waals surface area contributed by atoms with Crippen LogP contribution in [0.4, 0.5) is 10.1 Å². The fourth-order valence-electron chi connectivity index (χ4n) is 1.86. The zero-order chi connectivity index (χ0) is 14.1. The predicted octanol–water partition coefficient (Wildman–Crippen LogP) is 2.70. The van der Waals surface area contributed by atoms with E-state index in [0.29, 0.717) is 27.8 Å². The smallest absolute Gasteiger partial charge is 0.189 e. The minimum atomic E-state index is -0.414. The maximum atomic E-state index is 13.4. The molecule has 3 aromatic rings. The Labute approximate surface area is 118 Å². The molecule has 2 N–H and O–H groups in total. The maximum absolute atomic E-state index is 13.4. The third-order valence-corrected chi connectivity index (χ3v) is 3.13. The molecule has 3 rings (SSSR count). The summed E-state index contributed by atoms with van der Waals surface area (Å²) in [5.74, 6) is -0.0852. The summed E-state index contributed by atoms with van der Waals surface area (Å²) in [7, 11) is 0. The molecule has 0 aliphatic rings. The number of hydrogen-bond donors (Lipinski definition) is 1. The number of anilines is 1. The molecule has 20 heavy (non-hydrogen) atoms. The summed E-state index contributed by atoms with van der Waals surface area (Å²) in [6.45, 7) is 0. The Morgan fingerprint density at radius 1 is 1.15 bits per heavy atom. The largest absolute Gasteiger partial charge is 0.398 e. The van der Waals surface area contributed by atoms with Crippen LogP contribution >= 0.6 is 11.6 Å². The second kappa shape index (κ2) is 4.90. The van der Waals surface area contributed by atoms with Gasteiger partial charge in [0.2, 0.25) is 0 Å². The second-order valence-corrected chi connectivity index (χ2v) is 4.50. The molecule has 0 saturated carbocycles. The van der Waals surface area contributed by atoms with Gasteiger partial charge in [-0.2, -0.15) is 4.68 Å². The van der Waals surface area contributed by atoms with Crippen LogP contribution in [0.1, 0.15) is 0 Å². The van der Waals surface area contributed by atoms with E-state index in [0.717, 1.165) is 0 Å². The van der Waals surface area contributed by atoms with E-state index in [1.165, 1.54) is 22.9 Å². The molecule has 0 amide bonds. The van der Waals surface area contributed by atoms with E-state index in [9.17, 15) is 4.39 Å². The van der Waals surface area contributed by atoms with E-state index >= 15 is 0 Å². The molecule has 0 aliphatic carbocycles. The van der Waals surface area contributed by atoms with Crippen molar-refractivity contribution in [1.82, 2.24) is 20.2 Å². The van der Waals surface area contributed by atoms with Crippen molar-refractivity contribution in [2.45, 2.75) is 0 Å². The van der Waals surface area contributed by atoms with E-state index in [4.69, 9.17) is 17.3 Å². The first-order chi connectivity index (χ1) is 9.66. The first-order valence-electron chi connectivity index (χ1n) is 5.75. The molecule has 0 atom stereocenters. The van der Waals surface area contributed by atoms with Gasteiger partial charge < -0.3 is 5.73 Å². The third kappa shape index (κ3) is 2.10. The second-order valence-electron chi connectivity index (χ2n) is 4.10. The van der Waals surface area contributed by atoms with Crippen molar-refractivity contribution in [1.29, 1.82) is 0 Å². The molecule has 5 nitrogen and oxygen atoms in total. The summed E-state index contributed by atoms with van der Waals surface area (Å²) in [6, 6.07) is 11.1. The quantitative estimate of drug-likeness (QED) is 0.736. The molecule has 0 spiro atoms. The Balaban J connectivity index is 2.21. The van der Waals surface area contributed by atoms with Crippen LogP contribution in [0.25, 0.3) is 17.1 Å². The molecule has 2 aromatic carbocycles. The minimum absolute atomic E-state index is 0.329. The molecule has 0 unspecified atom stereocenters. The molecule has 1 heterocycles. The van der Waals surface area contributed by atoms with Crippen LogP contribution < -0.4 is 5.73 Å². The average Bonchev–Trinajstić information content (AvgIpc) is 2.91. The zero-order valence-corrected chi connectivity index (χ0v) is 10.9. The summed E-state index contributed by atoms with van der Waals surface area (Å²) in [5.41, 5.74) is 7.25. The number of halogens is 2. The lowest BCUT2D eigenvalue weighted by Crippen LogP contribution is -2.02. The van der Waals surface area contributed by atoms with Crippen molar-refractivity contribution in [3.63, 3.8) is 0 Å². The Morgan fingerprint density at radius 2 is 1.95 bits per heavy atom. The van der Waals surface area contributed by atoms with Gasteiger partial charge in [-0.3, -0.25) is 0 Å². The molecule has 7 heteroatoms. The fraction of sp³-hybridized carbons (Fsp3) is 0. The number of rotatable bonds is 2. The third-order valence-electron chi connectivity index (χ3n) is 2.81. The number of aromatic nitrogens is 4. The highest BCUT2D eigenvalue weighted by Gasteiger charge is 2.15. The van der Waals surface area contributed by atoms with Gasteiger partial charge in [0.25, 0.3) is 0 Å². The van der Waals surface area contributed by atoms with Crippen molar-refractivity contribution in [2.75, 3.05) is 5.73 Å². The number of benzene rings is 2. The Bertz CT molecular complexity index is 771. The standard InChI is InChI=1S/C13H9ClFN5/c14-10-3-1-2-4-12(10)20-13(17-18-19-20)9-7-8(15)5-6-11(9)16/h1-7H,16H2. The Hall–Kier alpha value is -2.47. The molecule has 0 saturated heterocycles. The van der Waals surface area contributed by atoms with Gasteiger partial charge in [-0.25, -0.2) is 4.39 Å². The number of nitrogens with zero attached hydrogens (tertiary/aromatic N) is 4. The van der Waals surface area contributed by atoms with Crippen molar-refractivity contribution >= 4 is 17.3 Å². The molecule has 0 fully saturated rings. The molecule has 0 aliphatic heterocycles. The SMILES string of the molecule is Nc1ccc(F)cc1-c1nnnn1-c1ccccc1Cl. The van der Waals surface area contributed by atoms with Gasteiger partial charge in [0.05, 0.1) is 10.7 Å². The maximum Gasteiger partial charge on any atom is 0.189 e. The lowest BCUT2D eigenvalue weighted by Gasteiger charge is -2.08. The van der Waals surface area contributed by atoms with Crippen LogP contribution in [-0.4, -0.2) is 20.2 Å². The summed E-state index contributed by atoms with van der Waals surface area (Å²) in [5, 5.41) is 11.9. The van der Waals surface area contributed by atoms with Gasteiger partial charge in [0, 0.05) is 11.3 Å². The predicted molar refractivity (Wildman–Crippen MR) is 74.0 cm³/mol. The van der Waals surface area contributed by atoms with Crippen molar-refractivity contribution < 1.29 is 4.39 Å². The molecule has 1 aromatic heterocycles. The summed E-state index contributed by atoms with van der Waals surface area (Å²) in [4.78, 5) is 0. The monoisotopic (exact) mass is 289 g/mol. The Kier molecular flexibility index (Phi) is 3.08. The Morgan fingerprint density at radius 3 is 2.75 bits per heavy atom. The van der Waals surface area contributed by atoms with Crippen LogP contribution in [0.2, 0.25) is 5.02 Å². The molecule has 0 radical (unpaired) electrons. The van der Waals surface area contributed by atoms with E-state index < -0.39 is 5.82 Å². The average molecular weight is 290 g/mol. The number of nitrogen functional groups attached to an aromatic ring is 1. The number of para-hydroxylation sites is 1. The zero-order valence-electron chi connectivity index (χ0n) is 10.2. The van der Waals surface area contributed by atoms with Crippen LogP contribution in [0.15, 0.2) is 42.5 Å². The lowest BCUT2D eigenvalue weighted by atomic mass is 10.1. The summed E-state index contributed by atoms with van der Waals surface area (Å²) in [6.07, 6.45) is 0. The van der Waals surface area contributed by atoms with Crippen molar-refractivity contribution in [2.24, 2.45) is 0 Å². The van der Waals surface area contributed by atoms with Gasteiger partial charge in [0.1, 0.15) is 5.82 Å². The van der Waals surface area contributed by atoms with E-state index in [2.05, 4.69) is 15.5 Å². The number of nitrogens with two attached hydrogens (primary N) is 1. The van der Waals surface area contributed by atoms with Gasteiger partial charge in [-0.15, -0.1) is 5.10 Å². The molecule has 0 bridgehead atoms. The van der Waals surface area contributed by atoms with Crippen molar-refractivity contribution in [3.8, 4) is 17.1 Å². The van der Waals surface area contributed by atoms with Crippen LogP contribution in [0.5, 0.6) is 0 Å². The number of hydrogen-bond acceptors (Lipinski definition) is 4. The van der Waals surface area contributed by atoms with Crippen LogP contribution in [-0.2, 0) is 0 Å². The van der Waals surface area contributed by atoms with Gasteiger partial charge in [-0.1, -0.05) is 23.7 Å². The molecule has 100 valence electrons. The normalized spacial score (nSPS) is 10.7. The van der Waals surface area contributed by atoms with E-state index in [1.54, 1.807) is 18.2 Å². The minimum Gasteiger partial charge on any atom is -0.398 e. The van der Waals surface area contributed by atoms with Crippen LogP contribution in [0.3, 0.4) is 0 Å². The summed E-state index contributed by atoms with van der Waals surface area (Å²) < 4.78 is 14.8. The van der Waals surface area contributed by atoms with Gasteiger partial charge in [-0.05, 0) is 40.8 Å². The highest BCUT2D eigenvalue weighted by atomic mass is 35.5. The highest BCUT2D eigenvalue weighted by Crippen LogP contribution is 2.28. The van der Waals surface area contributed by atoms with Crippen LogP contribution in [0, 0.1) is 5.82 Å². The fourth-order valence-corrected chi connectivity index (χ4v) is 2.08. The van der Waals surface area contributed by atoms with Gasteiger partial charge >= 0.3 is 0 Å². The first-order valence-corrected chi connectivity index (χ1v) is 6.13. The lowest BCUT2D eigenvalue weighted by molar-refractivity contribution is 0.628. The topological polar surface area (TPSA) is 69.6 Å². The summed E-state index contributed by atoms with van der Waals surface area (Å²) >= 11 is 6.12. The molecular weight excluding hydrogens is 281 g/mol. The van der Waals surface area contributed by atoms with E-state index in [-0.39, 0.29) is 0 Å². The number of tetrazole rings is 1. The highest BCUT2D eigenvalue weighted by molar-refractivity contribution is 6.32. The molecular formula is C13H9ClFN5. The van der Waals surface area contributed by atoms with E-state index in [1.807, 2.05) is 6.07 Å². The van der Waals surface area contributed by atoms with Crippen molar-refractivity contribution in [3.05, 3.63) is 53.3 Å². The first kappa shape index (κ1) is 12.6.